The lowest BCUT2D eigenvalue weighted by Crippen LogP contribution is -2.73. The molecule has 2 saturated heterocycles. The van der Waals surface area contributed by atoms with Crippen LogP contribution in [0.25, 0.3) is 0 Å². The quantitative estimate of drug-likeness (QED) is 0.713. The molecule has 1 aliphatic carbocycles. The normalized spacial score (nSPS) is 41.8. The van der Waals surface area contributed by atoms with Gasteiger partial charge in [0.1, 0.15) is 11.8 Å². The van der Waals surface area contributed by atoms with Crippen molar-refractivity contribution in [3.8, 4) is 0 Å². The summed E-state index contributed by atoms with van der Waals surface area (Å²) in [5, 5.41) is 0. The number of hydrogen-bond donors (Lipinski definition) is 0. The average molecular weight is 372 g/mol. The van der Waals surface area contributed by atoms with E-state index in [1.54, 1.807) is 0 Å². The Balaban J connectivity index is 1.76. The summed E-state index contributed by atoms with van der Waals surface area (Å²) in [6, 6.07) is 10.7. The van der Waals surface area contributed by atoms with E-state index in [2.05, 4.69) is 76.8 Å². The Kier molecular flexibility index (Phi) is 4.93. The maximum Gasteiger partial charge on any atom is 0.144 e. The zero-order valence-corrected chi connectivity index (χ0v) is 17.9. The Morgan fingerprint density at radius 1 is 1.07 bits per heavy atom. The van der Waals surface area contributed by atoms with Gasteiger partial charge in [-0.2, -0.15) is 0 Å². The van der Waals surface area contributed by atoms with E-state index in [0.29, 0.717) is 17.9 Å². The highest BCUT2D eigenvalue weighted by Gasteiger charge is 2.59. The monoisotopic (exact) mass is 371 g/mol. The number of nitrogens with zero attached hydrogens (tertiary/aromatic N) is 1. The molecule has 1 aromatic carbocycles. The van der Waals surface area contributed by atoms with Gasteiger partial charge in [-0.15, -0.1) is 0 Å². The summed E-state index contributed by atoms with van der Waals surface area (Å²) in [6.45, 7) is 15.0. The number of benzene rings is 1. The van der Waals surface area contributed by atoms with E-state index < -0.39 is 5.60 Å². The first-order valence-corrected chi connectivity index (χ1v) is 10.9. The van der Waals surface area contributed by atoms with Crippen LogP contribution in [0.5, 0.6) is 0 Å². The summed E-state index contributed by atoms with van der Waals surface area (Å²) in [5.74, 6) is 1.84. The second-order valence-electron chi connectivity index (χ2n) is 10.2. The zero-order valence-electron chi connectivity index (χ0n) is 17.9. The van der Waals surface area contributed by atoms with Gasteiger partial charge in [-0.3, -0.25) is 4.90 Å². The highest BCUT2D eigenvalue weighted by atomic mass is 16.6. The molecule has 0 aromatic heterocycles. The van der Waals surface area contributed by atoms with Gasteiger partial charge in [-0.25, -0.2) is 0 Å². The first-order valence-electron chi connectivity index (χ1n) is 10.9. The average Bonchev–Trinajstić information content (AvgIpc) is 2.63. The van der Waals surface area contributed by atoms with Crippen LogP contribution in [-0.2, 0) is 15.1 Å². The molecular formula is C24H37NO2. The van der Waals surface area contributed by atoms with Gasteiger partial charge in [0.15, 0.2) is 0 Å². The number of hydrogen-bond acceptors (Lipinski definition) is 3. The number of rotatable bonds is 2. The van der Waals surface area contributed by atoms with Gasteiger partial charge in [0.05, 0.1) is 12.2 Å². The number of morpholine rings is 1. The van der Waals surface area contributed by atoms with Crippen LogP contribution in [0.3, 0.4) is 0 Å². The summed E-state index contributed by atoms with van der Waals surface area (Å²) >= 11 is 0. The van der Waals surface area contributed by atoms with Gasteiger partial charge in [-0.05, 0) is 51.0 Å². The zero-order chi connectivity index (χ0) is 19.4. The predicted molar refractivity (Wildman–Crippen MR) is 109 cm³/mol. The number of ether oxygens (including phenoxy) is 2. The van der Waals surface area contributed by atoms with E-state index in [0.717, 1.165) is 12.5 Å². The van der Waals surface area contributed by atoms with Crippen molar-refractivity contribution in [2.75, 3.05) is 6.54 Å². The maximum absolute atomic E-state index is 6.90. The largest absolute Gasteiger partial charge is 0.362 e. The molecule has 27 heavy (non-hydrogen) atoms. The molecule has 3 fully saturated rings. The van der Waals surface area contributed by atoms with Gasteiger partial charge in [0, 0.05) is 18.0 Å². The second kappa shape index (κ2) is 6.86. The number of fused-ring (bicyclic) bond motifs is 2. The van der Waals surface area contributed by atoms with E-state index in [1.165, 1.54) is 24.8 Å². The van der Waals surface area contributed by atoms with Crippen LogP contribution in [0.2, 0.25) is 0 Å². The molecule has 150 valence electrons. The minimum Gasteiger partial charge on any atom is -0.362 e. The van der Waals surface area contributed by atoms with Crippen molar-refractivity contribution in [1.82, 2.24) is 4.90 Å². The fourth-order valence-electron chi connectivity index (χ4n) is 5.73. The molecule has 3 heteroatoms. The molecule has 3 nitrogen and oxygen atoms in total. The molecular weight excluding hydrogens is 334 g/mol. The van der Waals surface area contributed by atoms with E-state index in [9.17, 15) is 0 Å². The molecule has 1 aromatic rings. The van der Waals surface area contributed by atoms with Gasteiger partial charge < -0.3 is 9.47 Å². The molecule has 0 amide bonds. The summed E-state index contributed by atoms with van der Waals surface area (Å²) in [4.78, 5) is 2.64. The van der Waals surface area contributed by atoms with E-state index in [1.807, 2.05) is 0 Å². The van der Waals surface area contributed by atoms with Crippen molar-refractivity contribution >= 4 is 0 Å². The third-order valence-electron chi connectivity index (χ3n) is 7.62. The molecule has 0 radical (unpaired) electrons. The maximum atomic E-state index is 6.90. The van der Waals surface area contributed by atoms with E-state index >= 15 is 0 Å². The summed E-state index contributed by atoms with van der Waals surface area (Å²) < 4.78 is 13.7. The molecule has 4 rings (SSSR count). The molecule has 2 heterocycles. The molecule has 2 aliphatic heterocycles. The van der Waals surface area contributed by atoms with Crippen molar-refractivity contribution < 1.29 is 9.47 Å². The first kappa shape index (κ1) is 19.4. The Morgan fingerprint density at radius 3 is 2.44 bits per heavy atom. The third kappa shape index (κ3) is 3.16. The van der Waals surface area contributed by atoms with Crippen molar-refractivity contribution in [2.24, 2.45) is 17.8 Å². The molecule has 6 atom stereocenters. The standard InChI is InChI=1S/C24H37NO2/c1-16(2)21-15-25-22(24(6,27-21)18-10-8-7-9-11-18)26-20-14-17(3)12-13-19(20)23(25,4)5/h7-11,16-17,19-22H,12-15H2,1-6H3/t17-,19-,20-,21-,22+,24+/m1/s1. The van der Waals surface area contributed by atoms with Crippen molar-refractivity contribution in [1.29, 1.82) is 0 Å². The minimum atomic E-state index is -0.447. The van der Waals surface area contributed by atoms with Gasteiger partial charge in [-0.1, -0.05) is 57.5 Å². The highest BCUT2D eigenvalue weighted by Crippen LogP contribution is 2.51. The first-order chi connectivity index (χ1) is 12.7. The molecule has 3 aliphatic rings. The molecule has 0 unspecified atom stereocenters. The lowest BCUT2D eigenvalue weighted by Gasteiger charge is -2.64. The predicted octanol–water partition coefficient (Wildman–Crippen LogP) is 5.20. The lowest BCUT2D eigenvalue weighted by molar-refractivity contribution is -0.340. The van der Waals surface area contributed by atoms with Gasteiger partial charge in [0.25, 0.3) is 0 Å². The SMILES string of the molecule is CC(C)[C@H]1CN2[C@@H](O[C@@H]3C[C@H](C)CC[C@H]3C2(C)C)[C@](C)(c2ccccc2)O1. The topological polar surface area (TPSA) is 21.7 Å². The van der Waals surface area contributed by atoms with Crippen LogP contribution in [0, 0.1) is 17.8 Å². The van der Waals surface area contributed by atoms with Gasteiger partial charge in [0.2, 0.25) is 0 Å². The molecule has 0 bridgehead atoms. The molecule has 0 N–H and O–H groups in total. The van der Waals surface area contributed by atoms with Crippen LogP contribution in [-0.4, -0.2) is 35.4 Å². The van der Waals surface area contributed by atoms with Crippen molar-refractivity contribution in [2.45, 2.75) is 90.4 Å². The van der Waals surface area contributed by atoms with Crippen LogP contribution < -0.4 is 0 Å². The summed E-state index contributed by atoms with van der Waals surface area (Å²) in [5.41, 5.74) is 0.904. The van der Waals surface area contributed by atoms with E-state index in [4.69, 9.17) is 9.47 Å². The van der Waals surface area contributed by atoms with Crippen LogP contribution in [0.15, 0.2) is 30.3 Å². The van der Waals surface area contributed by atoms with Gasteiger partial charge >= 0.3 is 0 Å². The summed E-state index contributed by atoms with van der Waals surface area (Å²) in [7, 11) is 0. The Bertz CT molecular complexity index is 658. The van der Waals surface area contributed by atoms with E-state index in [-0.39, 0.29) is 17.9 Å². The Hall–Kier alpha value is -0.900. The van der Waals surface area contributed by atoms with Crippen LogP contribution >= 0.6 is 0 Å². The fraction of sp³-hybridized carbons (Fsp3) is 0.750. The Morgan fingerprint density at radius 2 is 1.78 bits per heavy atom. The van der Waals surface area contributed by atoms with Crippen LogP contribution in [0.1, 0.15) is 66.4 Å². The Labute approximate surface area is 165 Å². The van der Waals surface area contributed by atoms with Crippen molar-refractivity contribution in [3.05, 3.63) is 35.9 Å². The second-order valence-corrected chi connectivity index (χ2v) is 10.2. The fourth-order valence-corrected chi connectivity index (χ4v) is 5.73. The molecule has 0 spiro atoms. The third-order valence-corrected chi connectivity index (χ3v) is 7.62. The minimum absolute atomic E-state index is 0.0311. The van der Waals surface area contributed by atoms with Crippen molar-refractivity contribution in [3.63, 3.8) is 0 Å². The highest BCUT2D eigenvalue weighted by molar-refractivity contribution is 5.25. The van der Waals surface area contributed by atoms with Crippen LogP contribution in [0.4, 0.5) is 0 Å². The summed E-state index contributed by atoms with van der Waals surface area (Å²) in [6.07, 6.45) is 4.30. The molecule has 1 saturated carbocycles. The smallest absolute Gasteiger partial charge is 0.144 e. The lowest BCUT2D eigenvalue weighted by atomic mass is 9.68.